The minimum absolute atomic E-state index is 0.589. The monoisotopic (exact) mass is 348 g/mol. The molecule has 0 spiro atoms. The predicted octanol–water partition coefficient (Wildman–Crippen LogP) is 4.22. The van der Waals surface area contributed by atoms with Gasteiger partial charge >= 0.3 is 0 Å². The zero-order valence-corrected chi connectivity index (χ0v) is 15.1. The SMILES string of the molecule is Cc1cc(CN2CCC(n3ccnc3)CC2)ccc1Oc1cccnc1. The fraction of sp³-hybridized carbons (Fsp3) is 0.333. The van der Waals surface area contributed by atoms with Gasteiger partial charge in [0.1, 0.15) is 11.5 Å². The van der Waals surface area contributed by atoms with Gasteiger partial charge in [-0.3, -0.25) is 9.88 Å². The normalized spacial score (nSPS) is 15.9. The molecule has 1 fully saturated rings. The van der Waals surface area contributed by atoms with Gasteiger partial charge in [0, 0.05) is 44.3 Å². The van der Waals surface area contributed by atoms with Crippen molar-refractivity contribution in [3.8, 4) is 11.5 Å². The summed E-state index contributed by atoms with van der Waals surface area (Å²) >= 11 is 0. The van der Waals surface area contributed by atoms with Crippen LogP contribution in [0.2, 0.25) is 0 Å². The number of aromatic nitrogens is 3. The van der Waals surface area contributed by atoms with Crippen molar-refractivity contribution < 1.29 is 4.74 Å². The number of hydrogen-bond acceptors (Lipinski definition) is 4. The number of rotatable bonds is 5. The summed E-state index contributed by atoms with van der Waals surface area (Å²) in [6.45, 7) is 5.33. The van der Waals surface area contributed by atoms with E-state index in [0.29, 0.717) is 6.04 Å². The quantitative estimate of drug-likeness (QED) is 0.692. The molecule has 3 heterocycles. The van der Waals surface area contributed by atoms with Crippen LogP contribution in [0.15, 0.2) is 61.4 Å². The molecule has 134 valence electrons. The van der Waals surface area contributed by atoms with Crippen molar-refractivity contribution in [1.29, 1.82) is 0 Å². The lowest BCUT2D eigenvalue weighted by Crippen LogP contribution is -2.33. The van der Waals surface area contributed by atoms with Crippen LogP contribution in [0.5, 0.6) is 11.5 Å². The first-order valence-corrected chi connectivity index (χ1v) is 9.15. The maximum Gasteiger partial charge on any atom is 0.145 e. The summed E-state index contributed by atoms with van der Waals surface area (Å²) in [5, 5.41) is 0. The Balaban J connectivity index is 1.35. The Kier molecular flexibility index (Phi) is 4.97. The summed E-state index contributed by atoms with van der Waals surface area (Å²) in [6, 6.07) is 10.9. The molecule has 0 N–H and O–H groups in total. The van der Waals surface area contributed by atoms with Gasteiger partial charge in [-0.15, -0.1) is 0 Å². The van der Waals surface area contributed by atoms with Crippen molar-refractivity contribution in [3.63, 3.8) is 0 Å². The number of likely N-dealkylation sites (tertiary alicyclic amines) is 1. The third-order valence-corrected chi connectivity index (χ3v) is 5.01. The minimum atomic E-state index is 0.589. The van der Waals surface area contributed by atoms with E-state index in [1.54, 1.807) is 12.4 Å². The first-order chi connectivity index (χ1) is 12.8. The van der Waals surface area contributed by atoms with Crippen LogP contribution in [0.3, 0.4) is 0 Å². The van der Waals surface area contributed by atoms with Gasteiger partial charge in [-0.2, -0.15) is 0 Å². The Morgan fingerprint density at radius 2 is 2.00 bits per heavy atom. The molecule has 1 aliphatic heterocycles. The van der Waals surface area contributed by atoms with Crippen molar-refractivity contribution in [2.24, 2.45) is 0 Å². The second-order valence-electron chi connectivity index (χ2n) is 6.91. The first-order valence-electron chi connectivity index (χ1n) is 9.15. The Morgan fingerprint density at radius 1 is 1.12 bits per heavy atom. The van der Waals surface area contributed by atoms with Crippen LogP contribution in [0, 0.1) is 6.92 Å². The molecule has 2 aromatic heterocycles. The van der Waals surface area contributed by atoms with Crippen molar-refractivity contribution in [2.75, 3.05) is 13.1 Å². The summed E-state index contributed by atoms with van der Waals surface area (Å²) in [4.78, 5) is 10.8. The third-order valence-electron chi connectivity index (χ3n) is 5.01. The third kappa shape index (κ3) is 3.94. The van der Waals surface area contributed by atoms with Gasteiger partial charge in [-0.25, -0.2) is 4.98 Å². The molecule has 1 aliphatic rings. The second kappa shape index (κ2) is 7.70. The van der Waals surface area contributed by atoms with Crippen molar-refractivity contribution in [2.45, 2.75) is 32.4 Å². The van der Waals surface area contributed by atoms with Gasteiger partial charge in [-0.05, 0) is 49.1 Å². The smallest absolute Gasteiger partial charge is 0.145 e. The second-order valence-corrected chi connectivity index (χ2v) is 6.91. The molecule has 1 aromatic carbocycles. The van der Waals surface area contributed by atoms with Crippen LogP contribution in [-0.4, -0.2) is 32.5 Å². The van der Waals surface area contributed by atoms with Crippen LogP contribution < -0.4 is 4.74 Å². The number of pyridine rings is 1. The maximum atomic E-state index is 5.92. The lowest BCUT2D eigenvalue weighted by atomic mass is 10.0. The zero-order valence-electron chi connectivity index (χ0n) is 15.1. The Bertz CT molecular complexity index is 824. The number of aryl methyl sites for hydroxylation is 1. The molecule has 5 nitrogen and oxygen atoms in total. The molecule has 3 aromatic rings. The number of ether oxygens (including phenoxy) is 1. The highest BCUT2D eigenvalue weighted by atomic mass is 16.5. The number of hydrogen-bond donors (Lipinski definition) is 0. The van der Waals surface area contributed by atoms with Gasteiger partial charge in [-0.1, -0.05) is 12.1 Å². The number of nitrogens with zero attached hydrogens (tertiary/aromatic N) is 4. The van der Waals surface area contributed by atoms with E-state index >= 15 is 0 Å². The highest BCUT2D eigenvalue weighted by Crippen LogP contribution is 2.27. The van der Waals surface area contributed by atoms with Crippen molar-refractivity contribution in [1.82, 2.24) is 19.4 Å². The molecule has 0 amide bonds. The van der Waals surface area contributed by atoms with E-state index < -0.39 is 0 Å². The molecule has 26 heavy (non-hydrogen) atoms. The molecule has 5 heteroatoms. The van der Waals surface area contributed by atoms with E-state index in [1.807, 2.05) is 24.7 Å². The molecule has 0 atom stereocenters. The largest absolute Gasteiger partial charge is 0.455 e. The lowest BCUT2D eigenvalue weighted by Gasteiger charge is -2.32. The topological polar surface area (TPSA) is 43.2 Å². The van der Waals surface area contributed by atoms with Gasteiger partial charge in [0.2, 0.25) is 0 Å². The molecule has 0 bridgehead atoms. The Morgan fingerprint density at radius 3 is 2.69 bits per heavy atom. The van der Waals surface area contributed by atoms with E-state index in [0.717, 1.165) is 36.7 Å². The predicted molar refractivity (Wildman–Crippen MR) is 101 cm³/mol. The highest BCUT2D eigenvalue weighted by molar-refractivity contribution is 5.39. The van der Waals surface area contributed by atoms with Crippen LogP contribution in [0.4, 0.5) is 0 Å². The molecular weight excluding hydrogens is 324 g/mol. The van der Waals surface area contributed by atoms with E-state index in [2.05, 4.69) is 50.8 Å². The number of benzene rings is 1. The summed E-state index contributed by atoms with van der Waals surface area (Å²) in [5.74, 6) is 1.66. The first kappa shape index (κ1) is 16.8. The maximum absolute atomic E-state index is 5.92. The Labute approximate surface area is 154 Å². The van der Waals surface area contributed by atoms with E-state index in [9.17, 15) is 0 Å². The number of imidazole rings is 1. The van der Waals surface area contributed by atoms with Crippen molar-refractivity contribution >= 4 is 0 Å². The summed E-state index contributed by atoms with van der Waals surface area (Å²) in [5.41, 5.74) is 2.49. The summed E-state index contributed by atoms with van der Waals surface area (Å²) < 4.78 is 8.17. The fourth-order valence-electron chi connectivity index (χ4n) is 3.58. The lowest BCUT2D eigenvalue weighted by molar-refractivity contribution is 0.179. The van der Waals surface area contributed by atoms with Crippen molar-refractivity contribution in [3.05, 3.63) is 72.6 Å². The molecule has 4 rings (SSSR count). The van der Waals surface area contributed by atoms with Crippen LogP contribution in [-0.2, 0) is 6.54 Å². The van der Waals surface area contributed by atoms with Crippen LogP contribution >= 0.6 is 0 Å². The number of piperidine rings is 1. The van der Waals surface area contributed by atoms with E-state index in [1.165, 1.54) is 18.4 Å². The summed E-state index contributed by atoms with van der Waals surface area (Å²) in [6.07, 6.45) is 11.7. The van der Waals surface area contributed by atoms with Gasteiger partial charge in [0.25, 0.3) is 0 Å². The molecule has 1 saturated heterocycles. The van der Waals surface area contributed by atoms with Crippen LogP contribution in [0.25, 0.3) is 0 Å². The molecule has 0 radical (unpaired) electrons. The van der Waals surface area contributed by atoms with E-state index in [4.69, 9.17) is 4.74 Å². The molecule has 0 saturated carbocycles. The molecule has 0 aliphatic carbocycles. The van der Waals surface area contributed by atoms with Gasteiger partial charge in [0.05, 0.1) is 12.5 Å². The van der Waals surface area contributed by atoms with Gasteiger partial charge < -0.3 is 9.30 Å². The highest BCUT2D eigenvalue weighted by Gasteiger charge is 2.20. The van der Waals surface area contributed by atoms with Crippen LogP contribution in [0.1, 0.15) is 30.0 Å². The standard InChI is InChI=1S/C21H24N4O/c1-17-13-18(4-5-21(17)26-20-3-2-8-22-14-20)15-24-10-6-19(7-11-24)25-12-9-23-16-25/h2-5,8-9,12-14,16,19H,6-7,10-11,15H2,1H3. The molecule has 0 unspecified atom stereocenters. The summed E-state index contributed by atoms with van der Waals surface area (Å²) in [7, 11) is 0. The zero-order chi connectivity index (χ0) is 17.8. The van der Waals surface area contributed by atoms with Gasteiger partial charge in [0.15, 0.2) is 0 Å². The average Bonchev–Trinajstić information content (AvgIpc) is 3.20. The Hall–Kier alpha value is -2.66. The molecular formula is C21H24N4O. The fourth-order valence-corrected chi connectivity index (χ4v) is 3.58. The average molecular weight is 348 g/mol. The minimum Gasteiger partial charge on any atom is -0.455 e. The van der Waals surface area contributed by atoms with E-state index in [-0.39, 0.29) is 0 Å².